The molecule has 0 saturated carbocycles. The molecule has 178 valence electrons. The fourth-order valence-electron chi connectivity index (χ4n) is 3.98. The van der Waals surface area contributed by atoms with Crippen LogP contribution in [0.1, 0.15) is 19.4 Å². The molecule has 1 heterocycles. The molecule has 6 nitrogen and oxygen atoms in total. The molecule has 35 heavy (non-hydrogen) atoms. The maximum Gasteiger partial charge on any atom is 0.330 e. The molecule has 0 amide bonds. The Bertz CT molecular complexity index is 1300. The van der Waals surface area contributed by atoms with Gasteiger partial charge in [-0.25, -0.2) is 9.78 Å². The van der Waals surface area contributed by atoms with Gasteiger partial charge in [-0.15, -0.1) is 0 Å². The van der Waals surface area contributed by atoms with Crippen molar-refractivity contribution in [1.29, 1.82) is 0 Å². The van der Waals surface area contributed by atoms with Gasteiger partial charge in [-0.3, -0.25) is 0 Å². The molecule has 4 aromatic rings. The molecule has 0 unspecified atom stereocenters. The Hall–Kier alpha value is -4.32. The molecule has 6 heteroatoms. The average Bonchev–Trinajstić information content (AvgIpc) is 3.34. The monoisotopic (exact) mass is 466 g/mol. The lowest BCUT2D eigenvalue weighted by molar-refractivity contribution is -0.134. The highest BCUT2D eigenvalue weighted by molar-refractivity contribution is 5.87. The van der Waals surface area contributed by atoms with Gasteiger partial charge in [0.05, 0.1) is 18.5 Å². The summed E-state index contributed by atoms with van der Waals surface area (Å²) in [6.07, 6.45) is 3.13. The maximum absolute atomic E-state index is 11.4. The number of carbonyl (C=O) groups excluding carboxylic acids is 1. The molecular formula is C29H30N4O2. The van der Waals surface area contributed by atoms with Gasteiger partial charge in [0.25, 0.3) is 0 Å². The van der Waals surface area contributed by atoms with Crippen molar-refractivity contribution in [3.63, 3.8) is 0 Å². The Kier molecular flexibility index (Phi) is 7.31. The summed E-state index contributed by atoms with van der Waals surface area (Å²) in [5, 5.41) is 0. The summed E-state index contributed by atoms with van der Waals surface area (Å²) in [6.45, 7) is 6.24. The van der Waals surface area contributed by atoms with Crippen LogP contribution in [0.2, 0.25) is 0 Å². The van der Waals surface area contributed by atoms with E-state index in [0.29, 0.717) is 5.69 Å². The lowest BCUT2D eigenvalue weighted by Gasteiger charge is -2.21. The Morgan fingerprint density at radius 3 is 2.11 bits per heavy atom. The van der Waals surface area contributed by atoms with Crippen molar-refractivity contribution < 1.29 is 9.53 Å². The number of nitrogens with zero attached hydrogens (tertiary/aromatic N) is 2. The normalized spacial score (nSPS) is 11.1. The number of hydrogen-bond donors (Lipinski definition) is 2. The van der Waals surface area contributed by atoms with Crippen LogP contribution < -0.4 is 10.6 Å². The van der Waals surface area contributed by atoms with Gasteiger partial charge in [-0.1, -0.05) is 48.5 Å². The maximum atomic E-state index is 11.4. The topological polar surface area (TPSA) is 84.2 Å². The summed E-state index contributed by atoms with van der Waals surface area (Å²) in [7, 11) is 1.36. The lowest BCUT2D eigenvalue weighted by atomic mass is 10.0. The number of nitrogens with two attached hydrogens (primary N) is 1. The first-order valence-corrected chi connectivity index (χ1v) is 11.7. The minimum Gasteiger partial charge on any atom is -0.466 e. The molecule has 0 atom stereocenters. The molecule has 0 aliphatic heterocycles. The van der Waals surface area contributed by atoms with Crippen LogP contribution in [0.5, 0.6) is 0 Å². The SMILES string of the molecule is CCN(CC)c1ccc(-c2nc(-c3ccc(/C=C/C(=O)OC)cc3)[nH]c2-c2ccc(N)cc2)cc1. The molecule has 0 aliphatic carbocycles. The summed E-state index contributed by atoms with van der Waals surface area (Å²) >= 11 is 0. The second-order valence-corrected chi connectivity index (χ2v) is 8.13. The molecule has 0 fully saturated rings. The highest BCUT2D eigenvalue weighted by atomic mass is 16.5. The van der Waals surface area contributed by atoms with Crippen LogP contribution in [0.3, 0.4) is 0 Å². The molecule has 0 aliphatic rings. The van der Waals surface area contributed by atoms with E-state index in [9.17, 15) is 4.79 Å². The second kappa shape index (κ2) is 10.7. The molecule has 0 bridgehead atoms. The zero-order valence-electron chi connectivity index (χ0n) is 20.3. The Balaban J connectivity index is 1.72. The lowest BCUT2D eigenvalue weighted by Crippen LogP contribution is -2.21. The van der Waals surface area contributed by atoms with E-state index in [2.05, 4.69) is 52.7 Å². The third kappa shape index (κ3) is 5.44. The number of nitrogens with one attached hydrogen (secondary N) is 1. The zero-order valence-corrected chi connectivity index (χ0v) is 20.3. The summed E-state index contributed by atoms with van der Waals surface area (Å²) in [6, 6.07) is 24.2. The van der Waals surface area contributed by atoms with E-state index in [-0.39, 0.29) is 5.97 Å². The number of rotatable bonds is 8. The fraction of sp³-hybridized carbons (Fsp3) is 0.172. The number of aromatic nitrogens is 2. The minimum absolute atomic E-state index is 0.384. The van der Waals surface area contributed by atoms with E-state index < -0.39 is 0 Å². The van der Waals surface area contributed by atoms with E-state index in [4.69, 9.17) is 10.7 Å². The summed E-state index contributed by atoms with van der Waals surface area (Å²) < 4.78 is 4.65. The van der Waals surface area contributed by atoms with Crippen LogP contribution >= 0.6 is 0 Å². The first kappa shape index (κ1) is 23.8. The number of ether oxygens (including phenoxy) is 1. The molecule has 0 radical (unpaired) electrons. The fourth-order valence-corrected chi connectivity index (χ4v) is 3.98. The third-order valence-electron chi connectivity index (χ3n) is 5.97. The summed E-state index contributed by atoms with van der Waals surface area (Å²) in [5.41, 5.74) is 13.5. The van der Waals surface area contributed by atoms with Gasteiger partial charge in [0.2, 0.25) is 0 Å². The first-order chi connectivity index (χ1) is 17.0. The van der Waals surface area contributed by atoms with E-state index in [1.54, 1.807) is 6.08 Å². The Morgan fingerprint density at radius 2 is 1.51 bits per heavy atom. The number of methoxy groups -OCH3 is 1. The van der Waals surface area contributed by atoms with Crippen molar-refractivity contribution in [2.45, 2.75) is 13.8 Å². The average molecular weight is 467 g/mol. The Labute approximate surface area is 206 Å². The van der Waals surface area contributed by atoms with Crippen LogP contribution in [0.15, 0.2) is 78.9 Å². The van der Waals surface area contributed by atoms with E-state index >= 15 is 0 Å². The van der Waals surface area contributed by atoms with Crippen molar-refractivity contribution in [2.75, 3.05) is 30.8 Å². The molecule has 3 aromatic carbocycles. The number of nitrogen functional groups attached to an aromatic ring is 1. The summed E-state index contributed by atoms with van der Waals surface area (Å²) in [4.78, 5) is 22.2. The van der Waals surface area contributed by atoms with Crippen molar-refractivity contribution in [1.82, 2.24) is 9.97 Å². The number of carbonyl (C=O) groups is 1. The van der Waals surface area contributed by atoms with Gasteiger partial charge in [0.1, 0.15) is 5.82 Å². The van der Waals surface area contributed by atoms with Gasteiger partial charge in [-0.05, 0) is 49.8 Å². The van der Waals surface area contributed by atoms with Crippen LogP contribution in [0.25, 0.3) is 40.0 Å². The molecule has 4 rings (SSSR count). The molecule has 3 N–H and O–H groups in total. The summed E-state index contributed by atoms with van der Waals surface area (Å²) in [5.74, 6) is 0.382. The van der Waals surface area contributed by atoms with Gasteiger partial charge in [0, 0.05) is 47.2 Å². The molecule has 0 saturated heterocycles. The molecule has 1 aromatic heterocycles. The van der Waals surface area contributed by atoms with E-state index in [0.717, 1.165) is 52.6 Å². The second-order valence-electron chi connectivity index (χ2n) is 8.13. The van der Waals surface area contributed by atoms with Crippen LogP contribution in [-0.2, 0) is 9.53 Å². The quantitative estimate of drug-likeness (QED) is 0.188. The van der Waals surface area contributed by atoms with Crippen molar-refractivity contribution in [3.05, 3.63) is 84.4 Å². The Morgan fingerprint density at radius 1 is 0.914 bits per heavy atom. The number of hydrogen-bond acceptors (Lipinski definition) is 5. The number of imidazole rings is 1. The van der Waals surface area contributed by atoms with E-state index in [1.165, 1.54) is 18.9 Å². The number of H-pyrrole nitrogens is 1. The van der Waals surface area contributed by atoms with Gasteiger partial charge >= 0.3 is 5.97 Å². The van der Waals surface area contributed by atoms with Crippen LogP contribution in [-0.4, -0.2) is 36.1 Å². The van der Waals surface area contributed by atoms with Crippen LogP contribution in [0, 0.1) is 0 Å². The van der Waals surface area contributed by atoms with Crippen molar-refractivity contribution >= 4 is 23.4 Å². The zero-order chi connectivity index (χ0) is 24.8. The number of benzene rings is 3. The smallest absolute Gasteiger partial charge is 0.330 e. The predicted octanol–water partition coefficient (Wildman–Crippen LogP) is 6.03. The highest BCUT2D eigenvalue weighted by Crippen LogP contribution is 2.34. The number of esters is 1. The predicted molar refractivity (Wildman–Crippen MR) is 144 cm³/mol. The largest absolute Gasteiger partial charge is 0.466 e. The van der Waals surface area contributed by atoms with Crippen molar-refractivity contribution in [2.24, 2.45) is 0 Å². The number of aromatic amines is 1. The standard InChI is InChI=1S/C29H30N4O2/c1-4-33(5-2)25-17-13-22(14-18-25)28-27(21-11-15-24(30)16-12-21)31-29(32-28)23-9-6-20(7-10-23)8-19-26(34)35-3/h6-19H,4-5,30H2,1-3H3,(H,31,32)/b19-8+. The van der Waals surface area contributed by atoms with Crippen molar-refractivity contribution in [3.8, 4) is 33.9 Å². The van der Waals surface area contributed by atoms with Crippen LogP contribution in [0.4, 0.5) is 11.4 Å². The molecule has 0 spiro atoms. The van der Waals surface area contributed by atoms with E-state index in [1.807, 2.05) is 48.5 Å². The minimum atomic E-state index is -0.384. The third-order valence-corrected chi connectivity index (χ3v) is 5.97. The van der Waals surface area contributed by atoms with Gasteiger partial charge < -0.3 is 20.4 Å². The first-order valence-electron chi connectivity index (χ1n) is 11.7. The number of anilines is 2. The van der Waals surface area contributed by atoms with Gasteiger partial charge in [-0.2, -0.15) is 0 Å². The molecular weight excluding hydrogens is 436 g/mol. The van der Waals surface area contributed by atoms with Gasteiger partial charge in [0.15, 0.2) is 0 Å². The highest BCUT2D eigenvalue weighted by Gasteiger charge is 2.16.